The Hall–Kier alpha value is -2.19. The molecule has 1 radical (unpaired) electrons. The molecule has 1 aliphatic carbocycles. The first-order chi connectivity index (χ1) is 9.92. The zero-order chi connectivity index (χ0) is 13.4. The number of para-hydroxylation sites is 1. The van der Waals surface area contributed by atoms with Crippen molar-refractivity contribution in [3.63, 3.8) is 0 Å². The molecule has 4 rings (SSSR count). The number of benzene rings is 1. The van der Waals surface area contributed by atoms with Gasteiger partial charge in [0.15, 0.2) is 0 Å². The minimum atomic E-state index is 1.05. The van der Waals surface area contributed by atoms with E-state index in [2.05, 4.69) is 66.4 Å². The van der Waals surface area contributed by atoms with Crippen molar-refractivity contribution in [1.29, 1.82) is 0 Å². The van der Waals surface area contributed by atoms with Crippen LogP contribution in [0.25, 0.3) is 27.0 Å². The first-order valence-corrected chi connectivity index (χ1v) is 7.45. The maximum absolute atomic E-state index is 4.80. The molecule has 3 aromatic rings. The summed E-state index contributed by atoms with van der Waals surface area (Å²) in [6.07, 6.45) is 8.46. The van der Waals surface area contributed by atoms with Gasteiger partial charge in [-0.3, -0.25) is 0 Å². The normalized spacial score (nSPS) is 13.9. The summed E-state index contributed by atoms with van der Waals surface area (Å²) in [5.41, 5.74) is 4.61. The van der Waals surface area contributed by atoms with Crippen LogP contribution in [0.1, 0.15) is 5.56 Å². The third-order valence-electron chi connectivity index (χ3n) is 3.46. The molecule has 0 saturated carbocycles. The lowest BCUT2D eigenvalue weighted by Gasteiger charge is -2.09. The van der Waals surface area contributed by atoms with Crippen LogP contribution in [0.2, 0.25) is 0 Å². The summed E-state index contributed by atoms with van der Waals surface area (Å²) in [5.74, 6) is 0. The lowest BCUT2D eigenvalue weighted by Crippen LogP contribution is -1.90. The fourth-order valence-electron chi connectivity index (χ4n) is 2.52. The van der Waals surface area contributed by atoms with Crippen LogP contribution < -0.4 is 0 Å². The van der Waals surface area contributed by atoms with E-state index in [4.69, 9.17) is 4.98 Å². The summed E-state index contributed by atoms with van der Waals surface area (Å²) in [6, 6.07) is 14.7. The molecular weight excluding hydrogens is 262 g/mol. The lowest BCUT2D eigenvalue weighted by atomic mass is 10.0. The molecule has 0 fully saturated rings. The van der Waals surface area contributed by atoms with Gasteiger partial charge in [-0.15, -0.1) is 11.3 Å². The molecule has 0 N–H and O–H groups in total. The third-order valence-corrected chi connectivity index (χ3v) is 4.36. The minimum Gasteiger partial charge on any atom is -0.247 e. The Bertz CT molecular complexity index is 826. The summed E-state index contributed by atoms with van der Waals surface area (Å²) in [7, 11) is 0. The highest BCUT2D eigenvalue weighted by atomic mass is 32.1. The topological polar surface area (TPSA) is 12.9 Å². The van der Waals surface area contributed by atoms with Gasteiger partial charge in [-0.2, -0.15) is 0 Å². The average molecular weight is 274 g/mol. The van der Waals surface area contributed by atoms with E-state index in [9.17, 15) is 0 Å². The molecule has 95 valence electrons. The van der Waals surface area contributed by atoms with Crippen molar-refractivity contribution in [2.45, 2.75) is 0 Å². The van der Waals surface area contributed by atoms with Gasteiger partial charge in [0.1, 0.15) is 0 Å². The number of hydrogen-bond acceptors (Lipinski definition) is 2. The maximum Gasteiger partial charge on any atom is 0.0815 e. The van der Waals surface area contributed by atoms with E-state index in [0.717, 1.165) is 11.2 Å². The molecule has 0 atom stereocenters. The summed E-state index contributed by atoms with van der Waals surface area (Å²) in [5, 5.41) is 3.30. The Morgan fingerprint density at radius 1 is 1.00 bits per heavy atom. The van der Waals surface area contributed by atoms with Crippen molar-refractivity contribution in [3.8, 4) is 10.6 Å². The summed E-state index contributed by atoms with van der Waals surface area (Å²) in [6.45, 7) is 0. The minimum absolute atomic E-state index is 1.05. The van der Waals surface area contributed by atoms with Gasteiger partial charge in [0.2, 0.25) is 0 Å². The molecule has 2 aromatic heterocycles. The van der Waals surface area contributed by atoms with Crippen LogP contribution in [-0.2, 0) is 0 Å². The molecular formula is C18H12NS. The van der Waals surface area contributed by atoms with E-state index in [0.29, 0.717) is 0 Å². The number of nitrogens with zero attached hydrogens (tertiary/aromatic N) is 1. The van der Waals surface area contributed by atoms with E-state index < -0.39 is 0 Å². The molecule has 1 aliphatic rings. The van der Waals surface area contributed by atoms with Gasteiger partial charge in [0.25, 0.3) is 0 Å². The van der Waals surface area contributed by atoms with Crippen molar-refractivity contribution < 1.29 is 0 Å². The second-order valence-corrected chi connectivity index (χ2v) is 5.67. The zero-order valence-corrected chi connectivity index (χ0v) is 11.6. The van der Waals surface area contributed by atoms with Gasteiger partial charge in [-0.05, 0) is 34.7 Å². The standard InChI is InChI=1S/C18H12NS/c1-2-7-13(6-1)15-12-17(18-10-5-11-20-18)19-16-9-4-3-8-14(15)16/h1-12H. The number of pyridine rings is 1. The van der Waals surface area contributed by atoms with Crippen LogP contribution in [-0.4, -0.2) is 4.98 Å². The molecule has 20 heavy (non-hydrogen) atoms. The quantitative estimate of drug-likeness (QED) is 0.632. The molecule has 2 heteroatoms. The predicted molar refractivity (Wildman–Crippen MR) is 86.5 cm³/mol. The van der Waals surface area contributed by atoms with E-state index in [1.807, 2.05) is 6.07 Å². The van der Waals surface area contributed by atoms with Crippen LogP contribution in [0.4, 0.5) is 0 Å². The van der Waals surface area contributed by atoms with Crippen molar-refractivity contribution in [2.75, 3.05) is 0 Å². The zero-order valence-electron chi connectivity index (χ0n) is 10.8. The number of rotatable bonds is 2. The summed E-state index contributed by atoms with van der Waals surface area (Å²) in [4.78, 5) is 6.01. The molecule has 0 aliphatic heterocycles. The summed E-state index contributed by atoms with van der Waals surface area (Å²) < 4.78 is 0. The number of allylic oxidation sites excluding steroid dienone is 4. The fourth-order valence-corrected chi connectivity index (χ4v) is 3.20. The smallest absolute Gasteiger partial charge is 0.0815 e. The second kappa shape index (κ2) is 4.73. The van der Waals surface area contributed by atoms with Crippen LogP contribution in [0.5, 0.6) is 0 Å². The Kier molecular flexibility index (Phi) is 2.75. The van der Waals surface area contributed by atoms with Gasteiger partial charge < -0.3 is 0 Å². The van der Waals surface area contributed by atoms with Gasteiger partial charge in [-0.1, -0.05) is 42.5 Å². The van der Waals surface area contributed by atoms with Gasteiger partial charge in [-0.25, -0.2) is 4.98 Å². The summed E-state index contributed by atoms with van der Waals surface area (Å²) >= 11 is 1.73. The van der Waals surface area contributed by atoms with Gasteiger partial charge in [0.05, 0.1) is 16.1 Å². The molecule has 0 bridgehead atoms. The van der Waals surface area contributed by atoms with Crippen molar-refractivity contribution in [1.82, 2.24) is 4.98 Å². The van der Waals surface area contributed by atoms with Crippen molar-refractivity contribution >= 4 is 27.8 Å². The molecule has 1 nitrogen and oxygen atoms in total. The highest BCUT2D eigenvalue weighted by Gasteiger charge is 2.11. The van der Waals surface area contributed by atoms with Crippen molar-refractivity contribution in [3.05, 3.63) is 78.1 Å². The number of thiophene rings is 1. The predicted octanol–water partition coefficient (Wildman–Crippen LogP) is 5.12. The first kappa shape index (κ1) is 11.6. The Labute approximate surface area is 121 Å². The number of fused-ring (bicyclic) bond motifs is 1. The molecule has 0 amide bonds. The maximum atomic E-state index is 4.80. The van der Waals surface area contributed by atoms with Crippen LogP contribution in [0.15, 0.2) is 66.1 Å². The molecule has 0 saturated heterocycles. The lowest BCUT2D eigenvalue weighted by molar-refractivity contribution is 1.41. The van der Waals surface area contributed by atoms with Crippen LogP contribution in [0, 0.1) is 6.42 Å². The van der Waals surface area contributed by atoms with E-state index in [1.54, 1.807) is 11.3 Å². The van der Waals surface area contributed by atoms with E-state index in [-0.39, 0.29) is 0 Å². The van der Waals surface area contributed by atoms with Gasteiger partial charge >= 0.3 is 0 Å². The Balaban J connectivity index is 2.02. The van der Waals surface area contributed by atoms with E-state index in [1.165, 1.54) is 21.4 Å². The second-order valence-electron chi connectivity index (χ2n) is 4.72. The molecule has 0 spiro atoms. The average Bonchev–Trinajstić information content (AvgIpc) is 3.19. The first-order valence-electron chi connectivity index (χ1n) is 6.57. The van der Waals surface area contributed by atoms with Crippen LogP contribution >= 0.6 is 11.3 Å². The largest absolute Gasteiger partial charge is 0.247 e. The van der Waals surface area contributed by atoms with Crippen molar-refractivity contribution in [2.24, 2.45) is 0 Å². The highest BCUT2D eigenvalue weighted by Crippen LogP contribution is 2.33. The SMILES string of the molecule is [CH]1C=CC(c2cc(-c3cccs3)nc3ccccc23)=C1. The Morgan fingerprint density at radius 3 is 2.75 bits per heavy atom. The molecule has 2 heterocycles. The molecule has 1 aromatic carbocycles. The van der Waals surface area contributed by atoms with E-state index >= 15 is 0 Å². The fraction of sp³-hybridized carbons (Fsp3) is 0. The van der Waals surface area contributed by atoms with Gasteiger partial charge in [0, 0.05) is 11.8 Å². The number of aromatic nitrogens is 1. The van der Waals surface area contributed by atoms with Crippen LogP contribution in [0.3, 0.4) is 0 Å². The molecule has 0 unspecified atom stereocenters. The monoisotopic (exact) mass is 274 g/mol. The Morgan fingerprint density at radius 2 is 1.95 bits per heavy atom. The number of hydrogen-bond donors (Lipinski definition) is 0. The highest BCUT2D eigenvalue weighted by molar-refractivity contribution is 7.13. The third kappa shape index (κ3) is 1.89.